The second-order valence-corrected chi connectivity index (χ2v) is 4.59. The number of aliphatic carboxylic acids is 1. The maximum Gasteiger partial charge on any atom is 0.327 e. The molecule has 0 aliphatic heterocycles. The van der Waals surface area contributed by atoms with Gasteiger partial charge in [0, 0.05) is 6.42 Å². The molecule has 1 aliphatic rings. The third-order valence-corrected chi connectivity index (χ3v) is 2.75. The number of carboxylic acids is 1. The molecule has 7 heteroatoms. The van der Waals surface area contributed by atoms with Crippen molar-refractivity contribution in [1.29, 1.82) is 0 Å². The molecule has 0 aromatic heterocycles. The molecular weight excluding hydrogens is 264 g/mol. The van der Waals surface area contributed by atoms with E-state index in [4.69, 9.17) is 21.3 Å². The molecule has 0 spiro atoms. The highest BCUT2D eigenvalue weighted by Crippen LogP contribution is 2.20. The number of rotatable bonds is 6. The summed E-state index contributed by atoms with van der Waals surface area (Å²) in [6.07, 6.45) is 3.31. The number of carbonyl (C=O) groups excluding carboxylic acids is 2. The fourth-order valence-electron chi connectivity index (χ4n) is 1.64. The van der Waals surface area contributed by atoms with Crippen molar-refractivity contribution in [3.8, 4) is 0 Å². The molecule has 0 heterocycles. The van der Waals surface area contributed by atoms with Crippen molar-refractivity contribution in [3.05, 3.63) is 23.5 Å². The average molecular weight is 282 g/mol. The van der Waals surface area contributed by atoms with E-state index in [9.17, 15) is 14.4 Å². The quantitative estimate of drug-likeness (QED) is 0.577. The predicted molar refractivity (Wildman–Crippen MR) is 70.4 cm³/mol. The van der Waals surface area contributed by atoms with Gasteiger partial charge < -0.3 is 21.3 Å². The van der Waals surface area contributed by atoms with E-state index in [-0.39, 0.29) is 12.8 Å². The van der Waals surface area contributed by atoms with Crippen LogP contribution in [-0.2, 0) is 19.1 Å². The Bertz CT molecular complexity index is 479. The van der Waals surface area contributed by atoms with E-state index in [0.717, 1.165) is 0 Å². The molecule has 0 fully saturated rings. The Kier molecular flexibility index (Phi) is 5.60. The molecule has 1 rings (SSSR count). The fraction of sp³-hybridized carbons (Fsp3) is 0.462. The summed E-state index contributed by atoms with van der Waals surface area (Å²) in [4.78, 5) is 33.7. The molecule has 2 atom stereocenters. The topological polar surface area (TPSA) is 133 Å². The number of ketones is 1. The Labute approximate surface area is 116 Å². The summed E-state index contributed by atoms with van der Waals surface area (Å²) in [5.41, 5.74) is 11.3. The Hall–Kier alpha value is -1.99. The van der Waals surface area contributed by atoms with Gasteiger partial charge in [-0.1, -0.05) is 6.08 Å². The van der Waals surface area contributed by atoms with E-state index < -0.39 is 36.2 Å². The first-order chi connectivity index (χ1) is 9.31. The maximum atomic E-state index is 11.9. The lowest BCUT2D eigenvalue weighted by atomic mass is 9.95. The van der Waals surface area contributed by atoms with Crippen LogP contribution in [0.1, 0.15) is 26.2 Å². The highest BCUT2D eigenvalue weighted by atomic mass is 16.5. The zero-order valence-corrected chi connectivity index (χ0v) is 11.2. The molecule has 0 unspecified atom stereocenters. The van der Waals surface area contributed by atoms with E-state index in [1.807, 2.05) is 0 Å². The second-order valence-electron chi connectivity index (χ2n) is 4.59. The van der Waals surface area contributed by atoms with Gasteiger partial charge in [-0.25, -0.2) is 4.79 Å². The normalized spacial score (nSPS) is 17.6. The van der Waals surface area contributed by atoms with Crippen molar-refractivity contribution >= 4 is 17.7 Å². The number of hydrogen-bond donors (Lipinski definition) is 3. The number of carbonyl (C=O) groups is 3. The number of ether oxygens (including phenoxy) is 1. The molecule has 0 saturated carbocycles. The van der Waals surface area contributed by atoms with Crippen LogP contribution < -0.4 is 11.5 Å². The minimum Gasteiger partial charge on any atom is -0.481 e. The van der Waals surface area contributed by atoms with Crippen molar-refractivity contribution < 1.29 is 24.2 Å². The summed E-state index contributed by atoms with van der Waals surface area (Å²) < 4.78 is 5.02. The number of nitrogens with two attached hydrogens (primary N) is 2. The van der Waals surface area contributed by atoms with Crippen molar-refractivity contribution in [2.45, 2.75) is 38.3 Å². The van der Waals surface area contributed by atoms with Crippen LogP contribution in [0.2, 0.25) is 0 Å². The van der Waals surface area contributed by atoms with Gasteiger partial charge in [0.1, 0.15) is 11.8 Å². The number of hydrogen-bond acceptors (Lipinski definition) is 6. The number of carboxylic acid groups (broad SMARTS) is 1. The molecule has 0 saturated heterocycles. The van der Waals surface area contributed by atoms with Gasteiger partial charge in [0.2, 0.25) is 0 Å². The van der Waals surface area contributed by atoms with Crippen LogP contribution in [0.5, 0.6) is 0 Å². The summed E-state index contributed by atoms with van der Waals surface area (Å²) >= 11 is 0. The van der Waals surface area contributed by atoms with Gasteiger partial charge in [0.05, 0.1) is 12.5 Å². The Morgan fingerprint density at radius 2 is 1.95 bits per heavy atom. The Balaban J connectivity index is 2.55. The molecule has 0 aromatic carbocycles. The van der Waals surface area contributed by atoms with Crippen molar-refractivity contribution in [3.63, 3.8) is 0 Å². The van der Waals surface area contributed by atoms with Gasteiger partial charge in [-0.15, -0.1) is 0 Å². The largest absolute Gasteiger partial charge is 0.481 e. The third-order valence-electron chi connectivity index (χ3n) is 2.75. The maximum absolute atomic E-state index is 11.9. The standard InChI is InChI=1S/C13H18N2O5/c1-7(14)13(19)20-9-4-2-8(3-5-9)12(18)10(15)6-11(16)17/h2,5,7,10H,3-4,6,14-15H2,1H3,(H,16,17)/t7-,10-/m0/s1. The van der Waals surface area contributed by atoms with E-state index in [1.54, 1.807) is 12.2 Å². The zero-order valence-electron chi connectivity index (χ0n) is 11.2. The van der Waals surface area contributed by atoms with Gasteiger partial charge in [-0.2, -0.15) is 0 Å². The molecule has 7 nitrogen and oxygen atoms in total. The molecule has 110 valence electrons. The first-order valence-electron chi connectivity index (χ1n) is 6.18. The van der Waals surface area contributed by atoms with Crippen LogP contribution in [-0.4, -0.2) is 34.9 Å². The Morgan fingerprint density at radius 3 is 2.40 bits per heavy atom. The van der Waals surface area contributed by atoms with Gasteiger partial charge in [0.25, 0.3) is 0 Å². The van der Waals surface area contributed by atoms with Crippen LogP contribution in [0.3, 0.4) is 0 Å². The van der Waals surface area contributed by atoms with Crippen LogP contribution in [0.15, 0.2) is 23.5 Å². The van der Waals surface area contributed by atoms with Crippen LogP contribution in [0, 0.1) is 0 Å². The minimum atomic E-state index is -1.12. The molecular formula is C13H18N2O5. The fourth-order valence-corrected chi connectivity index (χ4v) is 1.64. The summed E-state index contributed by atoms with van der Waals surface area (Å²) in [6.45, 7) is 1.52. The molecule has 5 N–H and O–H groups in total. The molecule has 0 aromatic rings. The third kappa shape index (κ3) is 4.60. The lowest BCUT2D eigenvalue weighted by molar-refractivity contribution is -0.141. The van der Waals surface area contributed by atoms with E-state index in [1.165, 1.54) is 6.92 Å². The lowest BCUT2D eigenvalue weighted by Crippen LogP contribution is -2.34. The molecule has 0 bridgehead atoms. The molecule has 1 aliphatic carbocycles. The van der Waals surface area contributed by atoms with Crippen LogP contribution in [0.4, 0.5) is 0 Å². The molecule has 0 amide bonds. The second kappa shape index (κ2) is 6.97. The van der Waals surface area contributed by atoms with Crippen LogP contribution in [0.25, 0.3) is 0 Å². The highest BCUT2D eigenvalue weighted by molar-refractivity contribution is 6.01. The summed E-state index contributed by atoms with van der Waals surface area (Å²) in [6, 6.07) is -1.77. The van der Waals surface area contributed by atoms with Crippen LogP contribution >= 0.6 is 0 Å². The number of esters is 1. The van der Waals surface area contributed by atoms with E-state index >= 15 is 0 Å². The van der Waals surface area contributed by atoms with Gasteiger partial charge in [-0.05, 0) is 25.0 Å². The zero-order chi connectivity index (χ0) is 15.3. The first-order valence-corrected chi connectivity index (χ1v) is 6.18. The van der Waals surface area contributed by atoms with Crippen molar-refractivity contribution in [2.75, 3.05) is 0 Å². The average Bonchev–Trinajstić information content (AvgIpc) is 2.37. The van der Waals surface area contributed by atoms with E-state index in [0.29, 0.717) is 11.3 Å². The van der Waals surface area contributed by atoms with E-state index in [2.05, 4.69) is 0 Å². The SMILES string of the molecule is C[C@H](N)C(=O)OC1=CCC(C(=O)[C@@H](N)CC(=O)O)=CC1. The lowest BCUT2D eigenvalue weighted by Gasteiger charge is -2.16. The predicted octanol–water partition coefficient (Wildman–Crippen LogP) is -0.148. The highest BCUT2D eigenvalue weighted by Gasteiger charge is 2.22. The minimum absolute atomic E-state index is 0.258. The smallest absolute Gasteiger partial charge is 0.327 e. The number of Topliss-reactive ketones (excluding diaryl/α,β-unsaturated/α-hetero) is 1. The van der Waals surface area contributed by atoms with Gasteiger partial charge in [0.15, 0.2) is 5.78 Å². The summed E-state index contributed by atoms with van der Waals surface area (Å²) in [5.74, 6) is -1.64. The Morgan fingerprint density at radius 1 is 1.30 bits per heavy atom. The molecule has 20 heavy (non-hydrogen) atoms. The monoisotopic (exact) mass is 282 g/mol. The van der Waals surface area contributed by atoms with Crippen molar-refractivity contribution in [1.82, 2.24) is 0 Å². The molecule has 0 radical (unpaired) electrons. The van der Waals surface area contributed by atoms with Gasteiger partial charge in [-0.3, -0.25) is 9.59 Å². The van der Waals surface area contributed by atoms with Crippen molar-refractivity contribution in [2.24, 2.45) is 11.5 Å². The first kappa shape index (κ1) is 16.1. The van der Waals surface area contributed by atoms with Gasteiger partial charge >= 0.3 is 11.9 Å². The summed E-state index contributed by atoms with van der Waals surface area (Å²) in [5, 5.41) is 8.59. The summed E-state index contributed by atoms with van der Waals surface area (Å²) in [7, 11) is 0. The number of allylic oxidation sites excluding steroid dienone is 2.